The smallest absolute Gasteiger partial charge is 0.258 e. The average molecular weight is 419 g/mol. The van der Waals surface area contributed by atoms with Gasteiger partial charge in [0.05, 0.1) is 5.56 Å². The molecule has 8 heteroatoms. The largest absolute Gasteiger partial charge is 0.486 e. The molecule has 0 spiro atoms. The number of carbonyl (C=O) groups excluding carboxylic acids is 1. The Balaban J connectivity index is 1.39. The van der Waals surface area contributed by atoms with Gasteiger partial charge in [-0.15, -0.1) is 0 Å². The molecule has 0 bridgehead atoms. The topological polar surface area (TPSA) is 86.5 Å². The predicted octanol–water partition coefficient (Wildman–Crippen LogP) is 4.71. The molecule has 1 aliphatic heterocycles. The van der Waals surface area contributed by atoms with E-state index in [0.29, 0.717) is 52.2 Å². The van der Waals surface area contributed by atoms with E-state index in [1.54, 1.807) is 43.5 Å². The van der Waals surface area contributed by atoms with Gasteiger partial charge in [0.1, 0.15) is 23.8 Å². The molecule has 0 radical (unpaired) electrons. The van der Waals surface area contributed by atoms with E-state index in [1.807, 2.05) is 18.2 Å². The van der Waals surface area contributed by atoms with Crippen molar-refractivity contribution in [2.24, 2.45) is 0 Å². The van der Waals surface area contributed by atoms with Crippen molar-refractivity contribution in [2.75, 3.05) is 18.5 Å². The molecule has 2 aromatic carbocycles. The molecule has 7 nitrogen and oxygen atoms in total. The number of nitrogens with one attached hydrogen (secondary N) is 1. The molecule has 0 aliphatic carbocycles. The summed E-state index contributed by atoms with van der Waals surface area (Å²) in [5, 5.41) is 3.52. The van der Waals surface area contributed by atoms with Gasteiger partial charge < -0.3 is 19.2 Å². The molecule has 1 aliphatic rings. The first kappa shape index (κ1) is 18.5. The second kappa shape index (κ2) is 7.72. The Hall–Kier alpha value is -3.52. The lowest BCUT2D eigenvalue weighted by molar-refractivity contribution is 0.102. The number of aryl methyl sites for hydroxylation is 1. The standard InChI is InChI=1S/C22H17N3O4S/c1-13-24-17-11-14(4-6-18(17)29-13)25-21(26)16-3-2-8-23-22(16)30-15-5-7-19-20(12-15)28-10-9-27-19/h2-8,11-12H,9-10H2,1H3,(H,25,26). The highest BCUT2D eigenvalue weighted by atomic mass is 32.2. The molecule has 1 N–H and O–H groups in total. The summed E-state index contributed by atoms with van der Waals surface area (Å²) in [6.07, 6.45) is 1.67. The van der Waals surface area contributed by atoms with E-state index >= 15 is 0 Å². The van der Waals surface area contributed by atoms with Gasteiger partial charge in [0.2, 0.25) is 0 Å². The zero-order chi connectivity index (χ0) is 20.5. The highest BCUT2D eigenvalue weighted by molar-refractivity contribution is 7.99. The summed E-state index contributed by atoms with van der Waals surface area (Å²) in [6.45, 7) is 2.85. The number of carbonyl (C=O) groups is 1. The van der Waals surface area contributed by atoms with Crippen LogP contribution in [-0.4, -0.2) is 29.1 Å². The van der Waals surface area contributed by atoms with Gasteiger partial charge in [-0.25, -0.2) is 9.97 Å². The van der Waals surface area contributed by atoms with Gasteiger partial charge in [-0.2, -0.15) is 0 Å². The normalized spacial score (nSPS) is 12.7. The zero-order valence-electron chi connectivity index (χ0n) is 16.0. The van der Waals surface area contributed by atoms with Crippen molar-refractivity contribution in [1.82, 2.24) is 9.97 Å². The van der Waals surface area contributed by atoms with Gasteiger partial charge in [0.15, 0.2) is 23.0 Å². The lowest BCUT2D eigenvalue weighted by atomic mass is 10.2. The van der Waals surface area contributed by atoms with Crippen LogP contribution in [0.1, 0.15) is 16.2 Å². The minimum Gasteiger partial charge on any atom is -0.486 e. The van der Waals surface area contributed by atoms with Gasteiger partial charge in [-0.05, 0) is 48.5 Å². The summed E-state index contributed by atoms with van der Waals surface area (Å²) >= 11 is 1.40. The molecule has 5 rings (SSSR count). The number of ether oxygens (including phenoxy) is 2. The highest BCUT2D eigenvalue weighted by Crippen LogP contribution is 2.37. The first-order valence-electron chi connectivity index (χ1n) is 9.37. The number of oxazole rings is 1. The minimum atomic E-state index is -0.247. The van der Waals surface area contributed by atoms with Crippen molar-refractivity contribution >= 4 is 34.5 Å². The van der Waals surface area contributed by atoms with E-state index < -0.39 is 0 Å². The van der Waals surface area contributed by atoms with Crippen LogP contribution in [0.15, 0.2) is 69.1 Å². The third kappa shape index (κ3) is 3.69. The number of rotatable bonds is 4. The van der Waals surface area contributed by atoms with Crippen molar-refractivity contribution < 1.29 is 18.7 Å². The quantitative estimate of drug-likeness (QED) is 0.513. The van der Waals surface area contributed by atoms with Crippen molar-refractivity contribution in [2.45, 2.75) is 16.8 Å². The molecular weight excluding hydrogens is 402 g/mol. The summed E-state index contributed by atoms with van der Waals surface area (Å²) in [6, 6.07) is 14.6. The van der Waals surface area contributed by atoms with Crippen LogP contribution in [-0.2, 0) is 0 Å². The van der Waals surface area contributed by atoms with Crippen LogP contribution < -0.4 is 14.8 Å². The van der Waals surface area contributed by atoms with Crippen LogP contribution >= 0.6 is 11.8 Å². The molecule has 1 amide bonds. The maximum absolute atomic E-state index is 12.9. The molecule has 150 valence electrons. The molecule has 2 aromatic heterocycles. The Morgan fingerprint density at radius 2 is 1.93 bits per heavy atom. The van der Waals surface area contributed by atoms with Crippen molar-refractivity contribution in [3.05, 3.63) is 66.2 Å². The van der Waals surface area contributed by atoms with E-state index in [-0.39, 0.29) is 5.91 Å². The number of amides is 1. The number of aromatic nitrogens is 2. The van der Waals surface area contributed by atoms with E-state index in [0.717, 1.165) is 10.6 Å². The number of hydrogen-bond donors (Lipinski definition) is 1. The maximum Gasteiger partial charge on any atom is 0.258 e. The number of benzene rings is 2. The van der Waals surface area contributed by atoms with E-state index in [2.05, 4.69) is 15.3 Å². The first-order valence-corrected chi connectivity index (χ1v) is 10.2. The minimum absolute atomic E-state index is 0.247. The van der Waals surface area contributed by atoms with Gasteiger partial charge in [-0.3, -0.25) is 4.79 Å². The first-order chi connectivity index (χ1) is 14.7. The second-order valence-corrected chi connectivity index (χ2v) is 7.70. The maximum atomic E-state index is 12.9. The van der Waals surface area contributed by atoms with Crippen molar-refractivity contribution in [1.29, 1.82) is 0 Å². The van der Waals surface area contributed by atoms with E-state index in [9.17, 15) is 4.79 Å². The number of anilines is 1. The van der Waals surface area contributed by atoms with Gasteiger partial charge in [0, 0.05) is 23.7 Å². The summed E-state index contributed by atoms with van der Waals surface area (Å²) in [4.78, 5) is 22.6. The van der Waals surface area contributed by atoms with Crippen LogP contribution in [0.3, 0.4) is 0 Å². The Bertz CT molecular complexity index is 1250. The van der Waals surface area contributed by atoms with Crippen LogP contribution in [0, 0.1) is 6.92 Å². The summed E-state index contributed by atoms with van der Waals surface area (Å²) < 4.78 is 16.7. The average Bonchev–Trinajstić information content (AvgIpc) is 3.13. The summed E-state index contributed by atoms with van der Waals surface area (Å²) in [5.41, 5.74) is 2.50. The van der Waals surface area contributed by atoms with Gasteiger partial charge >= 0.3 is 0 Å². The third-order valence-electron chi connectivity index (χ3n) is 4.50. The molecule has 0 unspecified atom stereocenters. The molecule has 0 fully saturated rings. The lowest BCUT2D eigenvalue weighted by Crippen LogP contribution is -2.15. The van der Waals surface area contributed by atoms with Crippen LogP contribution in [0.4, 0.5) is 5.69 Å². The Kier molecular flexibility index (Phi) is 4.76. The molecule has 30 heavy (non-hydrogen) atoms. The van der Waals surface area contributed by atoms with E-state index in [1.165, 1.54) is 11.8 Å². The molecule has 0 saturated carbocycles. The summed E-state index contributed by atoms with van der Waals surface area (Å²) in [7, 11) is 0. The second-order valence-electron chi connectivity index (χ2n) is 6.63. The number of pyridine rings is 1. The SMILES string of the molecule is Cc1nc2cc(NC(=O)c3cccnc3Sc3ccc4c(c3)OCCO4)ccc2o1. The molecule has 4 aromatic rings. The lowest BCUT2D eigenvalue weighted by Gasteiger charge is -2.18. The van der Waals surface area contributed by atoms with Crippen molar-refractivity contribution in [3.63, 3.8) is 0 Å². The third-order valence-corrected chi connectivity index (χ3v) is 5.50. The Labute approximate surface area is 176 Å². The van der Waals surface area contributed by atoms with Gasteiger partial charge in [-0.1, -0.05) is 11.8 Å². The molecule has 0 atom stereocenters. The van der Waals surface area contributed by atoms with Crippen LogP contribution in [0.25, 0.3) is 11.1 Å². The summed E-state index contributed by atoms with van der Waals surface area (Å²) in [5.74, 6) is 1.76. The number of fused-ring (bicyclic) bond motifs is 2. The number of nitrogens with zero attached hydrogens (tertiary/aromatic N) is 2. The van der Waals surface area contributed by atoms with Crippen LogP contribution in [0.5, 0.6) is 11.5 Å². The Morgan fingerprint density at radius 1 is 1.07 bits per heavy atom. The van der Waals surface area contributed by atoms with Gasteiger partial charge in [0.25, 0.3) is 5.91 Å². The zero-order valence-corrected chi connectivity index (χ0v) is 16.9. The Morgan fingerprint density at radius 3 is 2.83 bits per heavy atom. The fraction of sp³-hybridized carbons (Fsp3) is 0.136. The monoisotopic (exact) mass is 419 g/mol. The number of hydrogen-bond acceptors (Lipinski definition) is 7. The predicted molar refractivity (Wildman–Crippen MR) is 112 cm³/mol. The highest BCUT2D eigenvalue weighted by Gasteiger charge is 2.17. The molecule has 3 heterocycles. The molecular formula is C22H17N3O4S. The van der Waals surface area contributed by atoms with E-state index in [4.69, 9.17) is 13.9 Å². The molecule has 0 saturated heterocycles. The fourth-order valence-corrected chi connectivity index (χ4v) is 4.07. The van der Waals surface area contributed by atoms with Crippen molar-refractivity contribution in [3.8, 4) is 11.5 Å². The van der Waals surface area contributed by atoms with Crippen LogP contribution in [0.2, 0.25) is 0 Å². The fourth-order valence-electron chi connectivity index (χ4n) is 3.16.